The lowest BCUT2D eigenvalue weighted by Gasteiger charge is -2.18. The molecule has 1 heterocycles. The average molecular weight is 270 g/mol. The maximum absolute atomic E-state index is 12.0. The summed E-state index contributed by atoms with van der Waals surface area (Å²) in [7, 11) is 1.77. The van der Waals surface area contributed by atoms with Crippen LogP contribution in [0.15, 0.2) is 48.8 Å². The predicted octanol–water partition coefficient (Wildman–Crippen LogP) is 2.43. The summed E-state index contributed by atoms with van der Waals surface area (Å²) < 4.78 is 5.55. The molecule has 0 N–H and O–H groups in total. The Kier molecular flexibility index (Phi) is 4.71. The zero-order valence-electron chi connectivity index (χ0n) is 11.7. The molecule has 0 fully saturated rings. The Bertz CT molecular complexity index is 570. The highest BCUT2D eigenvalue weighted by Gasteiger charge is 2.10. The van der Waals surface area contributed by atoms with Crippen molar-refractivity contribution in [1.82, 2.24) is 9.88 Å². The SMILES string of the molecule is Cc1ccccc1OCC(=O)N(C)Cc1ccncc1. The molecule has 4 nitrogen and oxygen atoms in total. The molecule has 0 atom stereocenters. The number of pyridine rings is 1. The number of aryl methyl sites for hydroxylation is 1. The highest BCUT2D eigenvalue weighted by Crippen LogP contribution is 2.16. The van der Waals surface area contributed by atoms with Crippen LogP contribution >= 0.6 is 0 Å². The van der Waals surface area contributed by atoms with Gasteiger partial charge in [-0.25, -0.2) is 0 Å². The first-order valence-electron chi connectivity index (χ1n) is 6.48. The number of hydrogen-bond acceptors (Lipinski definition) is 3. The third-order valence-electron chi connectivity index (χ3n) is 3.04. The van der Waals surface area contributed by atoms with E-state index in [-0.39, 0.29) is 12.5 Å². The van der Waals surface area contributed by atoms with Crippen molar-refractivity contribution in [3.63, 3.8) is 0 Å². The van der Waals surface area contributed by atoms with E-state index in [0.29, 0.717) is 6.54 Å². The van der Waals surface area contributed by atoms with Crippen LogP contribution in [0, 0.1) is 6.92 Å². The Morgan fingerprint density at radius 3 is 2.60 bits per heavy atom. The number of ether oxygens (including phenoxy) is 1. The van der Waals surface area contributed by atoms with E-state index in [0.717, 1.165) is 16.9 Å². The minimum atomic E-state index is -0.0509. The Hall–Kier alpha value is -2.36. The molecule has 0 saturated carbocycles. The Morgan fingerprint density at radius 2 is 1.90 bits per heavy atom. The Labute approximate surface area is 119 Å². The Balaban J connectivity index is 1.87. The third kappa shape index (κ3) is 3.82. The van der Waals surface area contributed by atoms with Crippen molar-refractivity contribution < 1.29 is 9.53 Å². The van der Waals surface area contributed by atoms with Gasteiger partial charge in [0, 0.05) is 26.0 Å². The lowest BCUT2D eigenvalue weighted by atomic mass is 10.2. The van der Waals surface area contributed by atoms with Gasteiger partial charge in [0.1, 0.15) is 5.75 Å². The molecule has 4 heteroatoms. The van der Waals surface area contributed by atoms with Gasteiger partial charge in [0.15, 0.2) is 6.61 Å². The number of rotatable bonds is 5. The minimum Gasteiger partial charge on any atom is -0.484 e. The van der Waals surface area contributed by atoms with E-state index in [1.165, 1.54) is 0 Å². The van der Waals surface area contributed by atoms with Crippen molar-refractivity contribution in [2.24, 2.45) is 0 Å². The first-order valence-corrected chi connectivity index (χ1v) is 6.48. The monoisotopic (exact) mass is 270 g/mol. The van der Waals surface area contributed by atoms with Gasteiger partial charge >= 0.3 is 0 Å². The van der Waals surface area contributed by atoms with Crippen molar-refractivity contribution in [2.75, 3.05) is 13.7 Å². The van der Waals surface area contributed by atoms with Crippen LogP contribution < -0.4 is 4.74 Å². The van der Waals surface area contributed by atoms with Crippen LogP contribution in [-0.4, -0.2) is 29.4 Å². The van der Waals surface area contributed by atoms with E-state index >= 15 is 0 Å². The van der Waals surface area contributed by atoms with Crippen LogP contribution in [0.25, 0.3) is 0 Å². The van der Waals surface area contributed by atoms with Crippen molar-refractivity contribution in [3.8, 4) is 5.75 Å². The van der Waals surface area contributed by atoms with E-state index in [1.54, 1.807) is 24.3 Å². The molecular formula is C16H18N2O2. The molecule has 0 spiro atoms. The topological polar surface area (TPSA) is 42.4 Å². The second kappa shape index (κ2) is 6.70. The summed E-state index contributed by atoms with van der Waals surface area (Å²) in [4.78, 5) is 17.6. The van der Waals surface area contributed by atoms with Crippen LogP contribution in [0.2, 0.25) is 0 Å². The van der Waals surface area contributed by atoms with Crippen molar-refractivity contribution in [1.29, 1.82) is 0 Å². The first kappa shape index (κ1) is 14.1. The fourth-order valence-corrected chi connectivity index (χ4v) is 1.82. The van der Waals surface area contributed by atoms with Crippen LogP contribution in [-0.2, 0) is 11.3 Å². The molecular weight excluding hydrogens is 252 g/mol. The van der Waals surface area contributed by atoms with Crippen LogP contribution in [0.5, 0.6) is 5.75 Å². The fraction of sp³-hybridized carbons (Fsp3) is 0.250. The predicted molar refractivity (Wildman–Crippen MR) is 77.4 cm³/mol. The molecule has 20 heavy (non-hydrogen) atoms. The second-order valence-electron chi connectivity index (χ2n) is 4.66. The number of para-hydroxylation sites is 1. The molecule has 104 valence electrons. The van der Waals surface area contributed by atoms with Crippen molar-refractivity contribution >= 4 is 5.91 Å². The minimum absolute atomic E-state index is 0.0481. The molecule has 0 aliphatic rings. The zero-order chi connectivity index (χ0) is 14.4. The van der Waals surface area contributed by atoms with Crippen LogP contribution in [0.1, 0.15) is 11.1 Å². The molecule has 0 aliphatic heterocycles. The van der Waals surface area contributed by atoms with Gasteiger partial charge in [-0.15, -0.1) is 0 Å². The number of hydrogen-bond donors (Lipinski definition) is 0. The maximum atomic E-state index is 12.0. The van der Waals surface area contributed by atoms with Gasteiger partial charge in [-0.1, -0.05) is 18.2 Å². The van der Waals surface area contributed by atoms with Crippen LogP contribution in [0.3, 0.4) is 0 Å². The van der Waals surface area contributed by atoms with Crippen molar-refractivity contribution in [2.45, 2.75) is 13.5 Å². The quantitative estimate of drug-likeness (QED) is 0.838. The van der Waals surface area contributed by atoms with Gasteiger partial charge in [0.05, 0.1) is 0 Å². The molecule has 0 unspecified atom stereocenters. The van der Waals surface area contributed by atoms with Gasteiger partial charge in [0.2, 0.25) is 0 Å². The molecule has 2 aromatic rings. The van der Waals surface area contributed by atoms with E-state index in [9.17, 15) is 4.79 Å². The molecule has 1 aromatic heterocycles. The highest BCUT2D eigenvalue weighted by molar-refractivity contribution is 5.77. The number of carbonyl (C=O) groups is 1. The molecule has 0 saturated heterocycles. The molecule has 1 amide bonds. The Morgan fingerprint density at radius 1 is 1.20 bits per heavy atom. The number of aromatic nitrogens is 1. The largest absolute Gasteiger partial charge is 0.484 e. The molecule has 0 bridgehead atoms. The lowest BCUT2D eigenvalue weighted by Crippen LogP contribution is -2.31. The summed E-state index contributed by atoms with van der Waals surface area (Å²) in [5, 5.41) is 0. The number of benzene rings is 1. The summed E-state index contributed by atoms with van der Waals surface area (Å²) in [5.74, 6) is 0.697. The third-order valence-corrected chi connectivity index (χ3v) is 3.04. The summed E-state index contributed by atoms with van der Waals surface area (Å²) in [5.41, 5.74) is 2.07. The standard InChI is InChI=1S/C16H18N2O2/c1-13-5-3-4-6-15(13)20-12-16(19)18(2)11-14-7-9-17-10-8-14/h3-10H,11-12H2,1-2H3. The zero-order valence-corrected chi connectivity index (χ0v) is 11.7. The summed E-state index contributed by atoms with van der Waals surface area (Å²) in [6.07, 6.45) is 3.44. The maximum Gasteiger partial charge on any atom is 0.260 e. The van der Waals surface area contributed by atoms with Gasteiger partial charge in [0.25, 0.3) is 5.91 Å². The summed E-state index contributed by atoms with van der Waals surface area (Å²) >= 11 is 0. The van der Waals surface area contributed by atoms with E-state index < -0.39 is 0 Å². The van der Waals surface area contributed by atoms with Gasteiger partial charge in [-0.3, -0.25) is 9.78 Å². The summed E-state index contributed by atoms with van der Waals surface area (Å²) in [6, 6.07) is 11.5. The first-order chi connectivity index (χ1) is 9.66. The number of likely N-dealkylation sites (N-methyl/N-ethyl adjacent to an activating group) is 1. The van der Waals surface area contributed by atoms with Gasteiger partial charge in [-0.05, 0) is 36.2 Å². The van der Waals surface area contributed by atoms with E-state index in [2.05, 4.69) is 4.98 Å². The summed E-state index contributed by atoms with van der Waals surface area (Å²) in [6.45, 7) is 2.56. The normalized spacial score (nSPS) is 10.1. The number of carbonyl (C=O) groups excluding carboxylic acids is 1. The molecule has 0 radical (unpaired) electrons. The average Bonchev–Trinajstić information content (AvgIpc) is 2.47. The van der Waals surface area contributed by atoms with Crippen LogP contribution in [0.4, 0.5) is 0 Å². The van der Waals surface area contributed by atoms with Gasteiger partial charge < -0.3 is 9.64 Å². The smallest absolute Gasteiger partial charge is 0.260 e. The highest BCUT2D eigenvalue weighted by atomic mass is 16.5. The molecule has 1 aromatic carbocycles. The fourth-order valence-electron chi connectivity index (χ4n) is 1.82. The van der Waals surface area contributed by atoms with Gasteiger partial charge in [-0.2, -0.15) is 0 Å². The second-order valence-corrected chi connectivity index (χ2v) is 4.66. The van der Waals surface area contributed by atoms with Crippen molar-refractivity contribution in [3.05, 3.63) is 59.9 Å². The number of amides is 1. The van der Waals surface area contributed by atoms with E-state index in [1.807, 2.05) is 43.3 Å². The lowest BCUT2D eigenvalue weighted by molar-refractivity contribution is -0.132. The molecule has 0 aliphatic carbocycles. The van der Waals surface area contributed by atoms with E-state index in [4.69, 9.17) is 4.74 Å². The molecule has 2 rings (SSSR count). The number of nitrogens with zero attached hydrogens (tertiary/aromatic N) is 2.